The van der Waals surface area contributed by atoms with Crippen LogP contribution in [0.2, 0.25) is 0 Å². The van der Waals surface area contributed by atoms with Crippen LogP contribution in [0, 0.1) is 5.92 Å². The summed E-state index contributed by atoms with van der Waals surface area (Å²) in [7, 11) is 0. The van der Waals surface area contributed by atoms with E-state index in [1.165, 1.54) is 18.5 Å². The van der Waals surface area contributed by atoms with Gasteiger partial charge in [0, 0.05) is 29.3 Å². The molecule has 0 aliphatic heterocycles. The number of allylic oxidation sites excluding steroid dienone is 4. The lowest BCUT2D eigenvalue weighted by atomic mass is 10.0. The van der Waals surface area contributed by atoms with E-state index in [0.29, 0.717) is 28.3 Å². The summed E-state index contributed by atoms with van der Waals surface area (Å²) in [5.74, 6) is 0.370. The van der Waals surface area contributed by atoms with Crippen LogP contribution in [-0.2, 0) is 4.79 Å². The van der Waals surface area contributed by atoms with Gasteiger partial charge in [-0.15, -0.1) is 0 Å². The van der Waals surface area contributed by atoms with Crippen molar-refractivity contribution in [3.63, 3.8) is 0 Å². The minimum Gasteiger partial charge on any atom is -0.405 e. The van der Waals surface area contributed by atoms with Gasteiger partial charge >= 0.3 is 0 Å². The second-order valence-corrected chi connectivity index (χ2v) is 5.87. The number of carbonyl (C=O) groups is 1. The van der Waals surface area contributed by atoms with Gasteiger partial charge in [0.25, 0.3) is 0 Å². The van der Waals surface area contributed by atoms with Gasteiger partial charge < -0.3 is 16.0 Å². The molecule has 1 fully saturated rings. The number of nitrogens with two attached hydrogens (primary N) is 1. The smallest absolute Gasteiger partial charge is 0.247 e. The molecule has 1 aliphatic rings. The van der Waals surface area contributed by atoms with E-state index >= 15 is 0 Å². The van der Waals surface area contributed by atoms with Gasteiger partial charge in [0.2, 0.25) is 11.5 Å². The summed E-state index contributed by atoms with van der Waals surface area (Å²) in [5, 5.41) is 2.79. The Labute approximate surface area is 150 Å². The number of hydrogen-bond acceptors (Lipinski definition) is 5. The van der Waals surface area contributed by atoms with Crippen molar-refractivity contribution in [2.24, 2.45) is 11.7 Å². The lowest BCUT2D eigenvalue weighted by molar-refractivity contribution is -0.117. The molecule has 1 aliphatic carbocycles. The molecule has 0 radical (unpaired) electrons. The van der Waals surface area contributed by atoms with Gasteiger partial charge in [0.05, 0.1) is 11.9 Å². The molecule has 0 spiro atoms. The minimum absolute atomic E-state index is 0.0526. The highest BCUT2D eigenvalue weighted by atomic mass is 16.2. The predicted molar refractivity (Wildman–Crippen MR) is 101 cm³/mol. The Balaban J connectivity index is 2.08. The van der Waals surface area contributed by atoms with E-state index in [-0.39, 0.29) is 17.4 Å². The molecule has 2 heterocycles. The van der Waals surface area contributed by atoms with Crippen molar-refractivity contribution in [3.8, 4) is 11.3 Å². The van der Waals surface area contributed by atoms with Gasteiger partial charge in [-0.25, -0.2) is 4.98 Å². The number of nitrogens with one attached hydrogen (secondary N) is 2. The maximum absolute atomic E-state index is 12.0. The van der Waals surface area contributed by atoms with Crippen molar-refractivity contribution in [1.82, 2.24) is 15.0 Å². The van der Waals surface area contributed by atoms with Gasteiger partial charge in [-0.05, 0) is 31.2 Å². The fourth-order valence-electron chi connectivity index (χ4n) is 2.44. The summed E-state index contributed by atoms with van der Waals surface area (Å²) in [4.78, 5) is 35.0. The standard InChI is InChI=1S/C19H19N5O2/c1-2-3-12(8-9-20)17-18(14-6-7-16(25)21-10-14)23-15(11-22-17)24-19(26)13-4-5-13/h2-3,6-11,13H,1,4-5,20H2,(H,21,25)(H,23,24,26)/b9-8-,12-3+. The predicted octanol–water partition coefficient (Wildman–Crippen LogP) is 2.22. The third-order valence-electron chi connectivity index (χ3n) is 3.88. The number of aromatic amines is 1. The third kappa shape index (κ3) is 3.94. The van der Waals surface area contributed by atoms with E-state index in [1.807, 2.05) is 0 Å². The average Bonchev–Trinajstić information content (AvgIpc) is 3.47. The normalized spacial score (nSPS) is 14.4. The van der Waals surface area contributed by atoms with Crippen LogP contribution in [0.1, 0.15) is 18.5 Å². The van der Waals surface area contributed by atoms with E-state index in [0.717, 1.165) is 12.8 Å². The maximum Gasteiger partial charge on any atom is 0.247 e. The van der Waals surface area contributed by atoms with Crippen LogP contribution in [0.3, 0.4) is 0 Å². The molecule has 3 rings (SSSR count). The molecule has 0 saturated heterocycles. The maximum atomic E-state index is 12.0. The molecular weight excluding hydrogens is 330 g/mol. The first kappa shape index (κ1) is 17.3. The summed E-state index contributed by atoms with van der Waals surface area (Å²) in [6.07, 6.45) is 11.3. The highest BCUT2D eigenvalue weighted by Gasteiger charge is 2.30. The first-order chi connectivity index (χ1) is 12.6. The summed E-state index contributed by atoms with van der Waals surface area (Å²) in [6, 6.07) is 3.06. The zero-order chi connectivity index (χ0) is 18.5. The molecule has 132 valence electrons. The Hall–Kier alpha value is -3.48. The Kier molecular flexibility index (Phi) is 5.07. The molecule has 2 aromatic heterocycles. The SMILES string of the molecule is C=C/C=C(\C=C/N)c1ncc(NC(=O)C2CC2)nc1-c1ccc(=O)[nH]c1. The number of aromatic nitrogens is 3. The molecule has 0 bridgehead atoms. The summed E-state index contributed by atoms with van der Waals surface area (Å²) < 4.78 is 0. The van der Waals surface area contributed by atoms with Crippen LogP contribution >= 0.6 is 0 Å². The van der Waals surface area contributed by atoms with Gasteiger partial charge in [-0.2, -0.15) is 0 Å². The monoisotopic (exact) mass is 349 g/mol. The second-order valence-electron chi connectivity index (χ2n) is 5.87. The average molecular weight is 349 g/mol. The van der Waals surface area contributed by atoms with Gasteiger partial charge in [-0.3, -0.25) is 14.6 Å². The largest absolute Gasteiger partial charge is 0.405 e. The lowest BCUT2D eigenvalue weighted by Gasteiger charge is -2.11. The molecular formula is C19H19N5O2. The van der Waals surface area contributed by atoms with Crippen molar-refractivity contribution in [2.75, 3.05) is 5.32 Å². The van der Waals surface area contributed by atoms with E-state index in [1.54, 1.807) is 30.5 Å². The number of hydrogen-bond donors (Lipinski definition) is 3. The minimum atomic E-state index is -0.217. The van der Waals surface area contributed by atoms with Crippen LogP contribution in [0.5, 0.6) is 0 Å². The molecule has 1 amide bonds. The molecule has 1 saturated carbocycles. The number of H-pyrrole nitrogens is 1. The van der Waals surface area contributed by atoms with Crippen molar-refractivity contribution in [3.05, 3.63) is 71.6 Å². The Morgan fingerprint density at radius 1 is 1.38 bits per heavy atom. The Morgan fingerprint density at radius 3 is 2.81 bits per heavy atom. The number of pyridine rings is 1. The molecule has 0 aromatic carbocycles. The van der Waals surface area contributed by atoms with Gasteiger partial charge in [0.1, 0.15) is 5.69 Å². The van der Waals surface area contributed by atoms with Crippen molar-refractivity contribution in [2.45, 2.75) is 12.8 Å². The van der Waals surface area contributed by atoms with Crippen molar-refractivity contribution >= 4 is 17.3 Å². The van der Waals surface area contributed by atoms with Crippen LogP contribution in [0.25, 0.3) is 16.8 Å². The molecule has 26 heavy (non-hydrogen) atoms. The van der Waals surface area contributed by atoms with Crippen LogP contribution < -0.4 is 16.6 Å². The first-order valence-corrected chi connectivity index (χ1v) is 8.20. The lowest BCUT2D eigenvalue weighted by Crippen LogP contribution is -2.15. The fourth-order valence-corrected chi connectivity index (χ4v) is 2.44. The Morgan fingerprint density at radius 2 is 2.19 bits per heavy atom. The molecule has 4 N–H and O–H groups in total. The van der Waals surface area contributed by atoms with Crippen LogP contribution in [0.15, 0.2) is 60.3 Å². The number of anilines is 1. The summed E-state index contributed by atoms with van der Waals surface area (Å²) in [6.45, 7) is 3.70. The van der Waals surface area contributed by atoms with E-state index < -0.39 is 0 Å². The van der Waals surface area contributed by atoms with Crippen LogP contribution in [0.4, 0.5) is 5.82 Å². The quantitative estimate of drug-likeness (QED) is 0.692. The highest BCUT2D eigenvalue weighted by molar-refractivity contribution is 5.93. The second kappa shape index (κ2) is 7.60. The zero-order valence-corrected chi connectivity index (χ0v) is 14.1. The van der Waals surface area contributed by atoms with Crippen molar-refractivity contribution < 1.29 is 4.79 Å². The number of nitrogens with zero attached hydrogens (tertiary/aromatic N) is 2. The molecule has 0 atom stereocenters. The molecule has 2 aromatic rings. The summed E-state index contributed by atoms with van der Waals surface area (Å²) >= 11 is 0. The molecule has 0 unspecified atom stereocenters. The number of rotatable bonds is 6. The van der Waals surface area contributed by atoms with E-state index in [4.69, 9.17) is 5.73 Å². The van der Waals surface area contributed by atoms with Gasteiger partial charge in [-0.1, -0.05) is 18.7 Å². The van der Waals surface area contributed by atoms with E-state index in [2.05, 4.69) is 26.8 Å². The summed E-state index contributed by atoms with van der Waals surface area (Å²) in [5.41, 5.74) is 7.76. The third-order valence-corrected chi connectivity index (χ3v) is 3.88. The zero-order valence-electron chi connectivity index (χ0n) is 14.1. The fraction of sp³-hybridized carbons (Fsp3) is 0.158. The van der Waals surface area contributed by atoms with Crippen molar-refractivity contribution in [1.29, 1.82) is 0 Å². The number of carbonyl (C=O) groups excluding carboxylic acids is 1. The van der Waals surface area contributed by atoms with Crippen LogP contribution in [-0.4, -0.2) is 20.9 Å². The van der Waals surface area contributed by atoms with Gasteiger partial charge in [0.15, 0.2) is 5.82 Å². The topological polar surface area (TPSA) is 114 Å². The highest BCUT2D eigenvalue weighted by Crippen LogP contribution is 2.31. The Bertz CT molecular complexity index is 934. The van der Waals surface area contributed by atoms with E-state index in [9.17, 15) is 9.59 Å². The first-order valence-electron chi connectivity index (χ1n) is 8.20. The molecule has 7 heteroatoms. The molecule has 7 nitrogen and oxygen atoms in total. The number of amides is 1.